The van der Waals surface area contributed by atoms with E-state index in [2.05, 4.69) is 34.7 Å². The first-order valence-corrected chi connectivity index (χ1v) is 8.17. The van der Waals surface area contributed by atoms with Gasteiger partial charge in [-0.2, -0.15) is 10.2 Å². The van der Waals surface area contributed by atoms with Crippen LogP contribution in [0, 0.1) is 6.92 Å². The molecule has 0 aromatic carbocycles. The van der Waals surface area contributed by atoms with Crippen molar-refractivity contribution >= 4 is 23.0 Å². The van der Waals surface area contributed by atoms with Crippen molar-refractivity contribution < 1.29 is 4.42 Å². The van der Waals surface area contributed by atoms with Gasteiger partial charge in [-0.1, -0.05) is 0 Å². The number of furan rings is 1. The first-order valence-electron chi connectivity index (χ1n) is 7.76. The highest BCUT2D eigenvalue weighted by Crippen LogP contribution is 2.11. The largest absolute Gasteiger partial charge is 0.467 e. The van der Waals surface area contributed by atoms with Gasteiger partial charge in [0, 0.05) is 24.0 Å². The van der Waals surface area contributed by atoms with Crippen LogP contribution >= 0.6 is 12.2 Å². The van der Waals surface area contributed by atoms with Crippen molar-refractivity contribution in [1.82, 2.24) is 24.9 Å². The third kappa shape index (κ3) is 3.83. The average molecular weight is 344 g/mol. The van der Waals surface area contributed by atoms with Gasteiger partial charge in [0.15, 0.2) is 5.11 Å². The average Bonchev–Trinajstić information content (AvgIpc) is 3.29. The van der Waals surface area contributed by atoms with Crippen molar-refractivity contribution in [3.05, 3.63) is 54.0 Å². The van der Waals surface area contributed by atoms with Crippen LogP contribution in [0.3, 0.4) is 0 Å². The molecule has 3 aromatic rings. The van der Waals surface area contributed by atoms with Crippen LogP contribution < -0.4 is 10.6 Å². The molecule has 126 valence electrons. The molecule has 3 heterocycles. The Labute approximate surface area is 145 Å². The quantitative estimate of drug-likeness (QED) is 0.670. The number of thiocarbonyl (C=S) groups is 1. The minimum Gasteiger partial charge on any atom is -0.467 e. The molecule has 0 radical (unpaired) electrons. The van der Waals surface area contributed by atoms with Gasteiger partial charge in [0.25, 0.3) is 0 Å². The van der Waals surface area contributed by atoms with Crippen LogP contribution in [0.4, 0.5) is 5.69 Å². The normalized spacial score (nSPS) is 10.8. The molecule has 0 saturated carbocycles. The van der Waals surface area contributed by atoms with Crippen LogP contribution in [0.15, 0.2) is 41.4 Å². The number of nitrogens with one attached hydrogen (secondary N) is 2. The Hall–Kier alpha value is -2.61. The summed E-state index contributed by atoms with van der Waals surface area (Å²) in [6.07, 6.45) is 7.20. The molecule has 0 atom stereocenters. The van der Waals surface area contributed by atoms with Crippen molar-refractivity contribution in [2.45, 2.75) is 33.5 Å². The molecule has 24 heavy (non-hydrogen) atoms. The summed E-state index contributed by atoms with van der Waals surface area (Å²) in [5.41, 5.74) is 3.16. The van der Waals surface area contributed by atoms with E-state index in [1.807, 2.05) is 33.9 Å². The molecular weight excluding hydrogens is 324 g/mol. The van der Waals surface area contributed by atoms with Crippen LogP contribution in [0.25, 0.3) is 0 Å². The molecule has 0 amide bonds. The highest BCUT2D eigenvalue weighted by Gasteiger charge is 2.07. The maximum Gasteiger partial charge on any atom is 0.171 e. The lowest BCUT2D eigenvalue weighted by Gasteiger charge is -2.07. The summed E-state index contributed by atoms with van der Waals surface area (Å²) in [7, 11) is 0. The molecule has 0 aliphatic rings. The van der Waals surface area contributed by atoms with Gasteiger partial charge in [-0.15, -0.1) is 0 Å². The SMILES string of the molecule is CCn1ncc(Cn2cc(NC(=S)NCc3ccco3)cn2)c1C. The number of anilines is 1. The molecule has 0 bridgehead atoms. The second-order valence-corrected chi connectivity index (χ2v) is 5.79. The molecule has 0 saturated heterocycles. The van der Waals surface area contributed by atoms with Gasteiger partial charge >= 0.3 is 0 Å². The Balaban J connectivity index is 1.55. The molecule has 3 rings (SSSR count). The molecular formula is C16H20N6OS. The zero-order valence-corrected chi connectivity index (χ0v) is 14.5. The minimum atomic E-state index is 0.529. The molecule has 0 unspecified atom stereocenters. The summed E-state index contributed by atoms with van der Waals surface area (Å²) in [6.45, 7) is 6.24. The summed E-state index contributed by atoms with van der Waals surface area (Å²) < 4.78 is 9.09. The molecule has 7 nitrogen and oxygen atoms in total. The van der Waals surface area contributed by atoms with Crippen molar-refractivity contribution in [2.75, 3.05) is 5.32 Å². The van der Waals surface area contributed by atoms with E-state index in [9.17, 15) is 0 Å². The molecule has 3 aromatic heterocycles. The van der Waals surface area contributed by atoms with Gasteiger partial charge in [-0.05, 0) is 38.2 Å². The van der Waals surface area contributed by atoms with Gasteiger partial charge in [-0.3, -0.25) is 9.36 Å². The van der Waals surface area contributed by atoms with Crippen LogP contribution in [0.2, 0.25) is 0 Å². The number of hydrogen-bond acceptors (Lipinski definition) is 4. The summed E-state index contributed by atoms with van der Waals surface area (Å²) in [5, 5.41) is 15.4. The molecule has 8 heteroatoms. The van der Waals surface area contributed by atoms with E-state index >= 15 is 0 Å². The van der Waals surface area contributed by atoms with E-state index in [0.29, 0.717) is 18.2 Å². The third-order valence-corrected chi connectivity index (χ3v) is 3.98. The summed E-state index contributed by atoms with van der Waals surface area (Å²) in [6, 6.07) is 3.74. The first-order chi connectivity index (χ1) is 11.7. The Morgan fingerprint density at radius 3 is 2.92 bits per heavy atom. The van der Waals surface area contributed by atoms with Crippen molar-refractivity contribution in [3.63, 3.8) is 0 Å². The number of nitrogens with zero attached hydrogens (tertiary/aromatic N) is 4. The van der Waals surface area contributed by atoms with Gasteiger partial charge in [0.2, 0.25) is 0 Å². The number of hydrogen-bond donors (Lipinski definition) is 2. The van der Waals surface area contributed by atoms with E-state index in [1.165, 1.54) is 0 Å². The van der Waals surface area contributed by atoms with E-state index in [1.54, 1.807) is 12.5 Å². The minimum absolute atomic E-state index is 0.529. The molecule has 0 aliphatic heterocycles. The Bertz CT molecular complexity index is 805. The molecule has 0 spiro atoms. The molecule has 2 N–H and O–H groups in total. The van der Waals surface area contributed by atoms with Crippen LogP contribution in [-0.2, 0) is 19.6 Å². The lowest BCUT2D eigenvalue weighted by atomic mass is 10.2. The lowest BCUT2D eigenvalue weighted by Crippen LogP contribution is -2.27. The molecule has 0 aliphatic carbocycles. The fourth-order valence-electron chi connectivity index (χ4n) is 2.40. The highest BCUT2D eigenvalue weighted by atomic mass is 32.1. The number of rotatable bonds is 6. The predicted octanol–water partition coefficient (Wildman–Crippen LogP) is 2.54. The standard InChI is InChI=1S/C16H20N6OS/c1-3-22-12(2)13(7-19-22)10-21-11-14(8-18-21)20-16(24)17-9-15-5-4-6-23-15/h4-8,11H,3,9-10H2,1-2H3,(H2,17,20,24). The van der Waals surface area contributed by atoms with Crippen molar-refractivity contribution in [3.8, 4) is 0 Å². The van der Waals surface area contributed by atoms with Gasteiger partial charge in [0.1, 0.15) is 5.76 Å². The number of aromatic nitrogens is 4. The fraction of sp³-hybridized carbons (Fsp3) is 0.312. The Kier molecular flexibility index (Phi) is 4.95. The lowest BCUT2D eigenvalue weighted by molar-refractivity contribution is 0.503. The van der Waals surface area contributed by atoms with Gasteiger partial charge in [-0.25, -0.2) is 0 Å². The Morgan fingerprint density at radius 2 is 2.21 bits per heavy atom. The summed E-state index contributed by atoms with van der Waals surface area (Å²) in [5.74, 6) is 0.832. The van der Waals surface area contributed by atoms with Gasteiger partial charge < -0.3 is 15.1 Å². The van der Waals surface area contributed by atoms with Crippen molar-refractivity contribution in [2.24, 2.45) is 0 Å². The van der Waals surface area contributed by atoms with E-state index in [-0.39, 0.29) is 0 Å². The molecule has 0 fully saturated rings. The van der Waals surface area contributed by atoms with E-state index in [0.717, 1.165) is 29.2 Å². The zero-order valence-electron chi connectivity index (χ0n) is 13.7. The summed E-state index contributed by atoms with van der Waals surface area (Å²) in [4.78, 5) is 0. The summed E-state index contributed by atoms with van der Waals surface area (Å²) >= 11 is 5.27. The van der Waals surface area contributed by atoms with Gasteiger partial charge in [0.05, 0.1) is 37.4 Å². The van der Waals surface area contributed by atoms with Crippen molar-refractivity contribution in [1.29, 1.82) is 0 Å². The number of aryl methyl sites for hydroxylation is 1. The third-order valence-electron chi connectivity index (χ3n) is 3.73. The fourth-order valence-corrected chi connectivity index (χ4v) is 2.59. The zero-order chi connectivity index (χ0) is 16.9. The van der Waals surface area contributed by atoms with E-state index in [4.69, 9.17) is 16.6 Å². The second-order valence-electron chi connectivity index (χ2n) is 5.38. The maximum absolute atomic E-state index is 5.27. The second kappa shape index (κ2) is 7.31. The Morgan fingerprint density at radius 1 is 1.33 bits per heavy atom. The van der Waals surface area contributed by atoms with Crippen LogP contribution in [0.1, 0.15) is 23.9 Å². The van der Waals surface area contributed by atoms with Crippen LogP contribution in [-0.4, -0.2) is 24.7 Å². The smallest absolute Gasteiger partial charge is 0.171 e. The monoisotopic (exact) mass is 344 g/mol. The predicted molar refractivity (Wildman–Crippen MR) is 95.7 cm³/mol. The van der Waals surface area contributed by atoms with E-state index < -0.39 is 0 Å². The topological polar surface area (TPSA) is 72.8 Å². The highest BCUT2D eigenvalue weighted by molar-refractivity contribution is 7.80. The maximum atomic E-state index is 5.27. The van der Waals surface area contributed by atoms with Crippen LogP contribution in [0.5, 0.6) is 0 Å². The first kappa shape index (κ1) is 16.3.